The summed E-state index contributed by atoms with van der Waals surface area (Å²) in [6.45, 7) is 3.80. The van der Waals surface area contributed by atoms with Crippen molar-refractivity contribution >= 4 is 11.7 Å². The highest BCUT2D eigenvalue weighted by Gasteiger charge is 2.48. The van der Waals surface area contributed by atoms with Gasteiger partial charge < -0.3 is 9.84 Å². The highest BCUT2D eigenvalue weighted by Crippen LogP contribution is 2.40. The van der Waals surface area contributed by atoms with E-state index in [9.17, 15) is 20.0 Å². The van der Waals surface area contributed by atoms with Crippen LogP contribution >= 0.6 is 0 Å². The lowest BCUT2D eigenvalue weighted by atomic mass is 9.75. The van der Waals surface area contributed by atoms with Crippen molar-refractivity contribution in [3.8, 4) is 0 Å². The van der Waals surface area contributed by atoms with Gasteiger partial charge in [-0.2, -0.15) is 0 Å². The minimum Gasteiger partial charge on any atom is -0.481 e. The van der Waals surface area contributed by atoms with Gasteiger partial charge in [0.05, 0.1) is 16.4 Å². The number of nitro benzene ring substituents is 1. The van der Waals surface area contributed by atoms with Crippen LogP contribution in [0.4, 0.5) is 5.69 Å². The average Bonchev–Trinajstić information content (AvgIpc) is 2.74. The van der Waals surface area contributed by atoms with E-state index < -0.39 is 22.4 Å². The number of carboxylic acid groups (broad SMARTS) is 1. The smallest absolute Gasteiger partial charge is 0.312 e. The molecule has 1 aliphatic rings. The largest absolute Gasteiger partial charge is 0.481 e. The normalized spacial score (nSPS) is 25.6. The van der Waals surface area contributed by atoms with E-state index in [1.165, 1.54) is 6.07 Å². The Bertz CT molecular complexity index is 556. The van der Waals surface area contributed by atoms with Crippen molar-refractivity contribution in [2.75, 3.05) is 6.61 Å². The third-order valence-electron chi connectivity index (χ3n) is 4.24. The van der Waals surface area contributed by atoms with Gasteiger partial charge in [0.25, 0.3) is 5.69 Å². The van der Waals surface area contributed by atoms with E-state index in [0.29, 0.717) is 24.2 Å². The van der Waals surface area contributed by atoms with Gasteiger partial charge in [0.2, 0.25) is 0 Å². The third kappa shape index (κ3) is 2.27. The van der Waals surface area contributed by atoms with Gasteiger partial charge in [-0.05, 0) is 32.3 Å². The zero-order chi connectivity index (χ0) is 14.9. The van der Waals surface area contributed by atoms with Crippen LogP contribution in [0.3, 0.4) is 0 Å². The lowest BCUT2D eigenvalue weighted by Crippen LogP contribution is -2.39. The van der Waals surface area contributed by atoms with Crippen molar-refractivity contribution in [2.24, 2.45) is 5.41 Å². The predicted octanol–water partition coefficient (Wildman–Crippen LogP) is 2.33. The molecule has 1 saturated heterocycles. The maximum atomic E-state index is 11.7. The third-order valence-corrected chi connectivity index (χ3v) is 4.24. The van der Waals surface area contributed by atoms with Crippen molar-refractivity contribution in [1.29, 1.82) is 0 Å². The highest BCUT2D eigenvalue weighted by atomic mass is 16.6. The molecule has 0 radical (unpaired) electrons. The van der Waals surface area contributed by atoms with Crippen LogP contribution in [0, 0.1) is 22.5 Å². The molecule has 0 aliphatic carbocycles. The number of benzene rings is 1. The second kappa shape index (κ2) is 5.20. The summed E-state index contributed by atoms with van der Waals surface area (Å²) in [5.41, 5.74) is 0.241. The second-order valence-corrected chi connectivity index (χ2v) is 5.22. The first kappa shape index (κ1) is 14.5. The van der Waals surface area contributed by atoms with Crippen LogP contribution in [0.2, 0.25) is 0 Å². The van der Waals surface area contributed by atoms with Crippen LogP contribution < -0.4 is 0 Å². The maximum Gasteiger partial charge on any atom is 0.312 e. The summed E-state index contributed by atoms with van der Waals surface area (Å²) >= 11 is 0. The van der Waals surface area contributed by atoms with Gasteiger partial charge in [0.1, 0.15) is 0 Å². The van der Waals surface area contributed by atoms with Gasteiger partial charge in [0, 0.05) is 18.2 Å². The molecule has 1 aliphatic heterocycles. The molecule has 0 aromatic heterocycles. The molecule has 0 bridgehead atoms. The Morgan fingerprint density at radius 2 is 2.30 bits per heavy atom. The number of nitro groups is 1. The van der Waals surface area contributed by atoms with Gasteiger partial charge in [-0.1, -0.05) is 12.1 Å². The van der Waals surface area contributed by atoms with E-state index in [1.807, 2.05) is 0 Å². The van der Waals surface area contributed by atoms with Crippen molar-refractivity contribution in [3.63, 3.8) is 0 Å². The zero-order valence-corrected chi connectivity index (χ0v) is 11.5. The van der Waals surface area contributed by atoms with Gasteiger partial charge in [-0.3, -0.25) is 14.9 Å². The first-order valence-corrected chi connectivity index (χ1v) is 6.46. The van der Waals surface area contributed by atoms with Crippen molar-refractivity contribution in [3.05, 3.63) is 39.4 Å². The van der Waals surface area contributed by atoms with Crippen LogP contribution in [0.1, 0.15) is 24.5 Å². The number of nitrogens with zero attached hydrogens (tertiary/aromatic N) is 1. The molecule has 6 nitrogen and oxygen atoms in total. The molecule has 0 spiro atoms. The van der Waals surface area contributed by atoms with Crippen molar-refractivity contribution in [1.82, 2.24) is 0 Å². The molecule has 6 heteroatoms. The fourth-order valence-corrected chi connectivity index (χ4v) is 2.77. The molecule has 2 rings (SSSR count). The van der Waals surface area contributed by atoms with Crippen LogP contribution in [0.25, 0.3) is 0 Å². The van der Waals surface area contributed by atoms with E-state index in [1.54, 1.807) is 26.0 Å². The second-order valence-electron chi connectivity index (χ2n) is 5.22. The molecule has 1 N–H and O–H groups in total. The minimum absolute atomic E-state index is 0.0228. The number of carboxylic acids is 1. The van der Waals surface area contributed by atoms with E-state index in [4.69, 9.17) is 4.74 Å². The fraction of sp³-hybridized carbons (Fsp3) is 0.500. The summed E-state index contributed by atoms with van der Waals surface area (Å²) in [5.74, 6) is -0.909. The first-order valence-electron chi connectivity index (χ1n) is 6.46. The molecule has 2 atom stereocenters. The van der Waals surface area contributed by atoms with E-state index >= 15 is 0 Å². The molecule has 0 amide bonds. The quantitative estimate of drug-likeness (QED) is 0.674. The van der Waals surface area contributed by atoms with Gasteiger partial charge in [-0.25, -0.2) is 0 Å². The molecule has 1 aromatic rings. The fourth-order valence-electron chi connectivity index (χ4n) is 2.77. The number of hydrogen-bond acceptors (Lipinski definition) is 4. The van der Waals surface area contributed by atoms with Crippen LogP contribution in [0.5, 0.6) is 0 Å². The minimum atomic E-state index is -1.00. The van der Waals surface area contributed by atoms with E-state index in [-0.39, 0.29) is 12.1 Å². The molecule has 1 heterocycles. The first-order chi connectivity index (χ1) is 9.38. The lowest BCUT2D eigenvalue weighted by molar-refractivity contribution is -0.385. The predicted molar refractivity (Wildman–Crippen MR) is 71.6 cm³/mol. The Kier molecular flexibility index (Phi) is 3.76. The summed E-state index contributed by atoms with van der Waals surface area (Å²) in [7, 11) is 0. The molecule has 0 saturated carbocycles. The molecule has 1 fully saturated rings. The van der Waals surface area contributed by atoms with Crippen LogP contribution in [-0.4, -0.2) is 28.7 Å². The molecule has 2 unspecified atom stereocenters. The molecule has 1 aromatic carbocycles. The number of rotatable bonds is 4. The molecule has 20 heavy (non-hydrogen) atoms. The Morgan fingerprint density at radius 3 is 2.80 bits per heavy atom. The maximum absolute atomic E-state index is 11.7. The van der Waals surface area contributed by atoms with Gasteiger partial charge in [0.15, 0.2) is 0 Å². The summed E-state index contributed by atoms with van der Waals surface area (Å²) in [5, 5.41) is 20.5. The Morgan fingerprint density at radius 1 is 1.60 bits per heavy atom. The topological polar surface area (TPSA) is 89.7 Å². The molecule has 108 valence electrons. The SMILES string of the molecule is Cc1c(CC2(C(=O)O)CCOC2C)cccc1[N+](=O)[O-]. The van der Waals surface area contributed by atoms with Gasteiger partial charge >= 0.3 is 5.97 Å². The summed E-state index contributed by atoms with van der Waals surface area (Å²) in [6, 6.07) is 4.77. The van der Waals surface area contributed by atoms with Gasteiger partial charge in [-0.15, -0.1) is 0 Å². The Balaban J connectivity index is 2.40. The van der Waals surface area contributed by atoms with Crippen LogP contribution in [-0.2, 0) is 16.0 Å². The zero-order valence-electron chi connectivity index (χ0n) is 11.5. The van der Waals surface area contributed by atoms with E-state index in [0.717, 1.165) is 0 Å². The standard InChI is InChI=1S/C14H17NO5/c1-9-11(4-3-5-12(9)15(18)19)8-14(13(16)17)6-7-20-10(14)2/h3-5,10H,6-8H2,1-2H3,(H,16,17). The number of aliphatic carboxylic acids is 1. The number of hydrogen-bond donors (Lipinski definition) is 1. The number of ether oxygens (including phenoxy) is 1. The summed E-state index contributed by atoms with van der Waals surface area (Å²) in [6.07, 6.45) is 0.265. The van der Waals surface area contributed by atoms with Crippen molar-refractivity contribution < 1.29 is 19.6 Å². The van der Waals surface area contributed by atoms with E-state index in [2.05, 4.69) is 0 Å². The Hall–Kier alpha value is -1.95. The Labute approximate surface area is 116 Å². The molecular weight excluding hydrogens is 262 g/mol. The summed E-state index contributed by atoms with van der Waals surface area (Å²) in [4.78, 5) is 22.2. The highest BCUT2D eigenvalue weighted by molar-refractivity contribution is 5.76. The molecular formula is C14H17NO5. The number of carbonyl (C=O) groups is 1. The summed E-state index contributed by atoms with van der Waals surface area (Å²) < 4.78 is 5.41. The monoisotopic (exact) mass is 279 g/mol. The van der Waals surface area contributed by atoms with Crippen LogP contribution in [0.15, 0.2) is 18.2 Å². The lowest BCUT2D eigenvalue weighted by Gasteiger charge is -2.28. The van der Waals surface area contributed by atoms with Crippen molar-refractivity contribution in [2.45, 2.75) is 32.8 Å². The average molecular weight is 279 g/mol.